The summed E-state index contributed by atoms with van der Waals surface area (Å²) in [6.45, 7) is 8.67. The third-order valence-electron chi connectivity index (χ3n) is 2.76. The molecule has 0 aromatic carbocycles. The minimum atomic E-state index is 0.928. The number of hydrogen-bond acceptors (Lipinski definition) is 0. The monoisotopic (exact) mass is 244 g/mol. The molecule has 0 bridgehead atoms. The normalized spacial score (nSPS) is 10.9. The molecule has 0 N–H and O–H groups in total. The van der Waals surface area contributed by atoms with Crippen molar-refractivity contribution in [3.63, 3.8) is 0 Å². The van der Waals surface area contributed by atoms with Gasteiger partial charge in [0.25, 0.3) is 0 Å². The Morgan fingerprint density at radius 2 is 1.06 bits per heavy atom. The second-order valence-corrected chi connectivity index (χ2v) is 4.47. The Balaban J connectivity index is 5.08. The van der Waals surface area contributed by atoms with Gasteiger partial charge in [0.15, 0.2) is 0 Å². The van der Waals surface area contributed by atoms with Gasteiger partial charge in [0.05, 0.1) is 0 Å². The quantitative estimate of drug-likeness (QED) is 0.542. The molecule has 0 heterocycles. The van der Waals surface area contributed by atoms with Gasteiger partial charge in [-0.2, -0.15) is 0 Å². The van der Waals surface area contributed by atoms with Crippen molar-refractivity contribution in [3.8, 4) is 23.7 Å². The zero-order chi connectivity index (χ0) is 13.6. The smallest absolute Gasteiger partial charge is 0.0136 e. The van der Waals surface area contributed by atoms with Gasteiger partial charge in [-0.3, -0.25) is 0 Å². The first-order valence-corrected chi connectivity index (χ1v) is 7.49. The maximum atomic E-state index is 3.35. The minimum absolute atomic E-state index is 0.928. The lowest BCUT2D eigenvalue weighted by atomic mass is 9.98. The highest BCUT2D eigenvalue weighted by Gasteiger charge is 2.02. The first-order chi connectivity index (χ1) is 8.79. The molecule has 0 unspecified atom stereocenters. The standard InChI is InChI=1S/C18H28/c1-5-9-13-17(14-10-6-2)18(15-11-7-3)16-12-8-4/h5-9,11,13,15H2,1-4H3. The lowest BCUT2D eigenvalue weighted by Crippen LogP contribution is -1.90. The van der Waals surface area contributed by atoms with Gasteiger partial charge in [-0.15, -0.1) is 0 Å². The fourth-order valence-corrected chi connectivity index (χ4v) is 1.67. The van der Waals surface area contributed by atoms with Gasteiger partial charge in [0.1, 0.15) is 0 Å². The molecule has 0 aliphatic rings. The summed E-state index contributed by atoms with van der Waals surface area (Å²) in [5.41, 5.74) is 2.60. The van der Waals surface area contributed by atoms with Crippen LogP contribution in [0.25, 0.3) is 0 Å². The molecule has 0 nitrogen and oxygen atoms in total. The zero-order valence-electron chi connectivity index (χ0n) is 12.7. The Kier molecular flexibility index (Phi) is 11.5. The van der Waals surface area contributed by atoms with Gasteiger partial charge in [0, 0.05) is 24.0 Å². The van der Waals surface area contributed by atoms with E-state index >= 15 is 0 Å². The van der Waals surface area contributed by atoms with Crippen molar-refractivity contribution in [2.75, 3.05) is 0 Å². The summed E-state index contributed by atoms with van der Waals surface area (Å²) in [6.07, 6.45) is 8.94. The summed E-state index contributed by atoms with van der Waals surface area (Å²) in [6, 6.07) is 0. The summed E-state index contributed by atoms with van der Waals surface area (Å²) in [7, 11) is 0. The number of unbranched alkanes of at least 4 members (excludes halogenated alkanes) is 2. The Morgan fingerprint density at radius 3 is 1.33 bits per heavy atom. The second-order valence-electron chi connectivity index (χ2n) is 4.47. The molecular formula is C18H28. The molecular weight excluding hydrogens is 216 g/mol. The maximum absolute atomic E-state index is 3.35. The van der Waals surface area contributed by atoms with Gasteiger partial charge >= 0.3 is 0 Å². The Labute approximate surface area is 114 Å². The van der Waals surface area contributed by atoms with Crippen molar-refractivity contribution in [1.82, 2.24) is 0 Å². The zero-order valence-corrected chi connectivity index (χ0v) is 12.7. The molecule has 100 valence electrons. The van der Waals surface area contributed by atoms with Crippen LogP contribution in [0.4, 0.5) is 0 Å². The summed E-state index contributed by atoms with van der Waals surface area (Å²) >= 11 is 0. The van der Waals surface area contributed by atoms with E-state index in [4.69, 9.17) is 0 Å². The van der Waals surface area contributed by atoms with Crippen LogP contribution in [0.5, 0.6) is 0 Å². The van der Waals surface area contributed by atoms with Gasteiger partial charge < -0.3 is 0 Å². The lowest BCUT2D eigenvalue weighted by Gasteiger charge is -2.05. The molecule has 0 rings (SSSR count). The van der Waals surface area contributed by atoms with Crippen molar-refractivity contribution in [1.29, 1.82) is 0 Å². The van der Waals surface area contributed by atoms with E-state index in [1.807, 2.05) is 0 Å². The Hall–Kier alpha value is -1.14. The minimum Gasteiger partial charge on any atom is -0.0985 e. The molecule has 0 spiro atoms. The van der Waals surface area contributed by atoms with Crippen molar-refractivity contribution in [3.05, 3.63) is 11.1 Å². The van der Waals surface area contributed by atoms with Gasteiger partial charge in [0.2, 0.25) is 0 Å². The summed E-state index contributed by atoms with van der Waals surface area (Å²) in [5.74, 6) is 13.1. The van der Waals surface area contributed by atoms with Crippen LogP contribution < -0.4 is 0 Å². The van der Waals surface area contributed by atoms with Crippen LogP contribution in [-0.4, -0.2) is 0 Å². The highest BCUT2D eigenvalue weighted by Crippen LogP contribution is 2.17. The summed E-state index contributed by atoms with van der Waals surface area (Å²) in [4.78, 5) is 0. The fraction of sp³-hybridized carbons (Fsp3) is 0.667. The first kappa shape index (κ1) is 16.9. The molecule has 0 saturated carbocycles. The largest absolute Gasteiger partial charge is 0.0985 e. The molecule has 0 fully saturated rings. The molecule has 0 amide bonds. The topological polar surface area (TPSA) is 0 Å². The first-order valence-electron chi connectivity index (χ1n) is 7.49. The van der Waals surface area contributed by atoms with Gasteiger partial charge in [-0.05, 0) is 25.7 Å². The third-order valence-corrected chi connectivity index (χ3v) is 2.76. The number of allylic oxidation sites excluding steroid dienone is 2. The van der Waals surface area contributed by atoms with Crippen LogP contribution in [-0.2, 0) is 0 Å². The SMILES string of the molecule is CCC#CC(CCCC)=C(C#CCC)CCCC. The van der Waals surface area contributed by atoms with Crippen LogP contribution in [0.2, 0.25) is 0 Å². The number of rotatable bonds is 6. The van der Waals surface area contributed by atoms with Gasteiger partial charge in [-0.1, -0.05) is 64.2 Å². The van der Waals surface area contributed by atoms with E-state index in [1.165, 1.54) is 36.8 Å². The fourth-order valence-electron chi connectivity index (χ4n) is 1.67. The highest BCUT2D eigenvalue weighted by molar-refractivity contribution is 5.43. The summed E-state index contributed by atoms with van der Waals surface area (Å²) in [5, 5.41) is 0. The van der Waals surface area contributed by atoms with E-state index in [2.05, 4.69) is 51.4 Å². The molecule has 0 aromatic heterocycles. The molecule has 0 aliphatic heterocycles. The predicted octanol–water partition coefficient (Wildman–Crippen LogP) is 5.49. The molecule has 0 heteroatoms. The molecule has 0 atom stereocenters. The average molecular weight is 244 g/mol. The van der Waals surface area contributed by atoms with Crippen LogP contribution in [0.3, 0.4) is 0 Å². The predicted molar refractivity (Wildman–Crippen MR) is 82.2 cm³/mol. The average Bonchev–Trinajstić information content (AvgIpc) is 2.40. The van der Waals surface area contributed by atoms with Crippen LogP contribution in [0.1, 0.15) is 79.1 Å². The Bertz CT molecular complexity index is 313. The Morgan fingerprint density at radius 1 is 0.667 bits per heavy atom. The van der Waals surface area contributed by atoms with Crippen molar-refractivity contribution < 1.29 is 0 Å². The molecule has 0 aromatic rings. The maximum Gasteiger partial charge on any atom is 0.0136 e. The second kappa shape index (κ2) is 12.3. The van der Waals surface area contributed by atoms with E-state index in [1.54, 1.807) is 0 Å². The van der Waals surface area contributed by atoms with Crippen LogP contribution >= 0.6 is 0 Å². The van der Waals surface area contributed by atoms with Crippen LogP contribution in [0.15, 0.2) is 11.1 Å². The van der Waals surface area contributed by atoms with Crippen LogP contribution in [0, 0.1) is 23.7 Å². The van der Waals surface area contributed by atoms with Crippen molar-refractivity contribution >= 4 is 0 Å². The number of hydrogen-bond donors (Lipinski definition) is 0. The van der Waals surface area contributed by atoms with E-state index in [9.17, 15) is 0 Å². The molecule has 0 saturated heterocycles. The van der Waals surface area contributed by atoms with E-state index in [0.717, 1.165) is 25.7 Å². The third kappa shape index (κ3) is 8.03. The molecule has 0 aliphatic carbocycles. The van der Waals surface area contributed by atoms with E-state index < -0.39 is 0 Å². The van der Waals surface area contributed by atoms with Gasteiger partial charge in [-0.25, -0.2) is 0 Å². The molecule has 0 radical (unpaired) electrons. The van der Waals surface area contributed by atoms with E-state index in [-0.39, 0.29) is 0 Å². The summed E-state index contributed by atoms with van der Waals surface area (Å²) < 4.78 is 0. The van der Waals surface area contributed by atoms with Crippen molar-refractivity contribution in [2.24, 2.45) is 0 Å². The van der Waals surface area contributed by atoms with Crippen molar-refractivity contribution in [2.45, 2.75) is 79.1 Å². The van der Waals surface area contributed by atoms with E-state index in [0.29, 0.717) is 0 Å². The highest BCUT2D eigenvalue weighted by atomic mass is 14.1. The molecule has 18 heavy (non-hydrogen) atoms. The lowest BCUT2D eigenvalue weighted by molar-refractivity contribution is 0.769.